The van der Waals surface area contributed by atoms with E-state index in [1.165, 1.54) is 30.4 Å². The Morgan fingerprint density at radius 3 is 3.05 bits per heavy atom. The first-order chi connectivity index (χ1) is 9.22. The number of nitrogens with one attached hydrogen (secondary N) is 1. The van der Waals surface area contributed by atoms with Crippen LogP contribution in [0.3, 0.4) is 0 Å². The number of ether oxygens (including phenoxy) is 1. The van der Waals surface area contributed by atoms with Crippen LogP contribution in [-0.4, -0.2) is 13.2 Å². The molecule has 0 amide bonds. The fraction of sp³-hybridized carbons (Fsp3) is 0.625. The van der Waals surface area contributed by atoms with Gasteiger partial charge >= 0.3 is 0 Å². The number of benzene rings is 1. The molecule has 0 spiro atoms. The van der Waals surface area contributed by atoms with E-state index in [1.807, 2.05) is 12.1 Å². The van der Waals surface area contributed by atoms with Crippen molar-refractivity contribution in [3.05, 3.63) is 28.3 Å². The van der Waals surface area contributed by atoms with E-state index in [4.69, 9.17) is 16.3 Å². The average molecular weight is 280 g/mol. The quantitative estimate of drug-likeness (QED) is 0.905. The standard InChI is InChI=1S/C16H22ClNO/c1-11-2-3-12(6-11)9-18-10-14-8-15(17)7-13-4-5-19-16(13)14/h7-8,11-12,18H,2-6,9-10H2,1H3. The third kappa shape index (κ3) is 3.06. The minimum atomic E-state index is 0.794. The Balaban J connectivity index is 1.58. The normalized spacial score (nSPS) is 25.4. The highest BCUT2D eigenvalue weighted by Crippen LogP contribution is 2.33. The maximum absolute atomic E-state index is 6.17. The number of hydrogen-bond donors (Lipinski definition) is 1. The molecule has 2 nitrogen and oxygen atoms in total. The Hall–Kier alpha value is -0.730. The van der Waals surface area contributed by atoms with Crippen molar-refractivity contribution in [2.45, 2.75) is 39.2 Å². The van der Waals surface area contributed by atoms with Gasteiger partial charge in [-0.3, -0.25) is 0 Å². The second-order valence-electron chi connectivity index (χ2n) is 6.07. The van der Waals surface area contributed by atoms with Crippen molar-refractivity contribution in [2.24, 2.45) is 11.8 Å². The lowest BCUT2D eigenvalue weighted by Gasteiger charge is -2.13. The van der Waals surface area contributed by atoms with E-state index in [0.29, 0.717) is 0 Å². The summed E-state index contributed by atoms with van der Waals surface area (Å²) in [5.41, 5.74) is 2.48. The second kappa shape index (κ2) is 5.72. The summed E-state index contributed by atoms with van der Waals surface area (Å²) in [5, 5.41) is 4.41. The third-order valence-electron chi connectivity index (χ3n) is 4.38. The van der Waals surface area contributed by atoms with Crippen LogP contribution in [0.2, 0.25) is 5.02 Å². The molecular weight excluding hydrogens is 258 g/mol. The predicted molar refractivity (Wildman–Crippen MR) is 78.9 cm³/mol. The highest BCUT2D eigenvalue weighted by molar-refractivity contribution is 6.30. The van der Waals surface area contributed by atoms with Crippen molar-refractivity contribution in [3.63, 3.8) is 0 Å². The first-order valence-electron chi connectivity index (χ1n) is 7.37. The molecule has 2 aliphatic rings. The minimum absolute atomic E-state index is 0.794. The molecule has 3 rings (SSSR count). The molecule has 1 heterocycles. The molecule has 104 valence electrons. The van der Waals surface area contributed by atoms with Crippen molar-refractivity contribution in [1.82, 2.24) is 5.32 Å². The molecule has 1 fully saturated rings. The van der Waals surface area contributed by atoms with Crippen LogP contribution >= 0.6 is 11.6 Å². The molecular formula is C16H22ClNO. The maximum atomic E-state index is 6.17. The molecule has 1 aromatic rings. The highest BCUT2D eigenvalue weighted by Gasteiger charge is 2.21. The van der Waals surface area contributed by atoms with Crippen LogP contribution in [0.5, 0.6) is 5.75 Å². The smallest absolute Gasteiger partial charge is 0.127 e. The number of fused-ring (bicyclic) bond motifs is 1. The Morgan fingerprint density at radius 2 is 2.26 bits per heavy atom. The zero-order valence-corrected chi connectivity index (χ0v) is 12.3. The van der Waals surface area contributed by atoms with Gasteiger partial charge in [0, 0.05) is 23.6 Å². The van der Waals surface area contributed by atoms with Crippen LogP contribution in [-0.2, 0) is 13.0 Å². The summed E-state index contributed by atoms with van der Waals surface area (Å²) in [7, 11) is 0. The Bertz CT molecular complexity index is 460. The SMILES string of the molecule is CC1CCC(CNCc2cc(Cl)cc3c2OCC3)C1. The van der Waals surface area contributed by atoms with E-state index in [0.717, 1.165) is 48.7 Å². The predicted octanol–water partition coefficient (Wildman–Crippen LogP) is 3.80. The third-order valence-corrected chi connectivity index (χ3v) is 4.60. The van der Waals surface area contributed by atoms with Crippen LogP contribution in [0, 0.1) is 11.8 Å². The lowest BCUT2D eigenvalue weighted by molar-refractivity contribution is 0.351. The maximum Gasteiger partial charge on any atom is 0.127 e. The van der Waals surface area contributed by atoms with Crippen LogP contribution in [0.4, 0.5) is 0 Å². The van der Waals surface area contributed by atoms with Gasteiger partial charge in [-0.15, -0.1) is 0 Å². The van der Waals surface area contributed by atoms with Crippen LogP contribution in [0.15, 0.2) is 12.1 Å². The average Bonchev–Trinajstić information content (AvgIpc) is 2.98. The minimum Gasteiger partial charge on any atom is -0.493 e. The Kier molecular flexibility index (Phi) is 3.99. The fourth-order valence-electron chi connectivity index (χ4n) is 3.40. The number of halogens is 1. The van der Waals surface area contributed by atoms with Gasteiger partial charge in [0.2, 0.25) is 0 Å². The van der Waals surface area contributed by atoms with E-state index in [2.05, 4.69) is 12.2 Å². The van der Waals surface area contributed by atoms with E-state index < -0.39 is 0 Å². The molecule has 1 aliphatic carbocycles. The van der Waals surface area contributed by atoms with Gasteiger partial charge in [-0.1, -0.05) is 24.9 Å². The molecule has 1 aliphatic heterocycles. The first-order valence-corrected chi connectivity index (χ1v) is 7.75. The van der Waals surface area contributed by atoms with Gasteiger partial charge in [-0.05, 0) is 48.9 Å². The van der Waals surface area contributed by atoms with Gasteiger partial charge in [-0.2, -0.15) is 0 Å². The van der Waals surface area contributed by atoms with Gasteiger partial charge in [0.25, 0.3) is 0 Å². The number of hydrogen-bond acceptors (Lipinski definition) is 2. The van der Waals surface area contributed by atoms with Gasteiger partial charge in [0.1, 0.15) is 5.75 Å². The number of rotatable bonds is 4. The van der Waals surface area contributed by atoms with Gasteiger partial charge in [0.05, 0.1) is 6.61 Å². The molecule has 2 unspecified atom stereocenters. The molecule has 19 heavy (non-hydrogen) atoms. The zero-order valence-electron chi connectivity index (χ0n) is 11.5. The molecule has 0 saturated heterocycles. The first kappa shape index (κ1) is 13.3. The van der Waals surface area contributed by atoms with Gasteiger partial charge < -0.3 is 10.1 Å². The molecule has 1 aromatic carbocycles. The van der Waals surface area contributed by atoms with Crippen LogP contribution in [0.25, 0.3) is 0 Å². The summed E-state index contributed by atoms with van der Waals surface area (Å²) in [6, 6.07) is 4.07. The summed E-state index contributed by atoms with van der Waals surface area (Å²) >= 11 is 6.17. The van der Waals surface area contributed by atoms with Crippen molar-refractivity contribution in [1.29, 1.82) is 0 Å². The lowest BCUT2D eigenvalue weighted by Crippen LogP contribution is -2.21. The van der Waals surface area contributed by atoms with Crippen molar-refractivity contribution in [3.8, 4) is 5.75 Å². The van der Waals surface area contributed by atoms with Crippen molar-refractivity contribution in [2.75, 3.05) is 13.2 Å². The summed E-state index contributed by atoms with van der Waals surface area (Å²) < 4.78 is 5.73. The highest BCUT2D eigenvalue weighted by atomic mass is 35.5. The van der Waals surface area contributed by atoms with Crippen molar-refractivity contribution >= 4 is 11.6 Å². The van der Waals surface area contributed by atoms with E-state index in [-0.39, 0.29) is 0 Å². The molecule has 0 radical (unpaired) electrons. The molecule has 0 bridgehead atoms. The fourth-order valence-corrected chi connectivity index (χ4v) is 3.66. The zero-order chi connectivity index (χ0) is 13.2. The van der Waals surface area contributed by atoms with E-state index in [9.17, 15) is 0 Å². The summed E-state index contributed by atoms with van der Waals surface area (Å²) in [4.78, 5) is 0. The lowest BCUT2D eigenvalue weighted by atomic mass is 10.1. The molecule has 3 heteroatoms. The molecule has 1 saturated carbocycles. The summed E-state index contributed by atoms with van der Waals surface area (Å²) in [6.07, 6.45) is 5.13. The van der Waals surface area contributed by atoms with E-state index in [1.54, 1.807) is 0 Å². The van der Waals surface area contributed by atoms with Gasteiger partial charge in [0.15, 0.2) is 0 Å². The molecule has 2 atom stereocenters. The Labute approximate surface area is 120 Å². The van der Waals surface area contributed by atoms with E-state index >= 15 is 0 Å². The molecule has 0 aromatic heterocycles. The second-order valence-corrected chi connectivity index (χ2v) is 6.50. The topological polar surface area (TPSA) is 21.3 Å². The summed E-state index contributed by atoms with van der Waals surface area (Å²) in [6.45, 7) is 5.14. The monoisotopic (exact) mass is 279 g/mol. The summed E-state index contributed by atoms with van der Waals surface area (Å²) in [5.74, 6) is 2.82. The largest absolute Gasteiger partial charge is 0.493 e. The van der Waals surface area contributed by atoms with Crippen LogP contribution < -0.4 is 10.1 Å². The Morgan fingerprint density at radius 1 is 1.37 bits per heavy atom. The molecule has 1 N–H and O–H groups in total. The van der Waals surface area contributed by atoms with Crippen molar-refractivity contribution < 1.29 is 4.74 Å². The van der Waals surface area contributed by atoms with Gasteiger partial charge in [-0.25, -0.2) is 0 Å². The van der Waals surface area contributed by atoms with Crippen LogP contribution in [0.1, 0.15) is 37.3 Å².